The first kappa shape index (κ1) is 12.3. The summed E-state index contributed by atoms with van der Waals surface area (Å²) in [5.74, 6) is 0. The number of aliphatic hydroxyl groups excluding tert-OH is 1. The summed E-state index contributed by atoms with van der Waals surface area (Å²) in [4.78, 5) is 12.0. The van der Waals surface area contributed by atoms with Crippen LogP contribution in [-0.4, -0.2) is 21.6 Å². The standard InChI is InChI=1S/C13H14BrNO2/c1-9-6-13(17)15(10(7-14)8-16)12-5-3-2-4-11(9)12/h2-6,10,16H,7-8H2,1H3. The number of fused-ring (bicyclic) bond motifs is 1. The molecule has 1 N–H and O–H groups in total. The minimum Gasteiger partial charge on any atom is -0.394 e. The summed E-state index contributed by atoms with van der Waals surface area (Å²) in [5.41, 5.74) is 1.77. The number of hydrogen-bond acceptors (Lipinski definition) is 2. The Balaban J connectivity index is 2.82. The summed E-state index contributed by atoms with van der Waals surface area (Å²) >= 11 is 3.33. The van der Waals surface area contributed by atoms with E-state index < -0.39 is 0 Å². The molecule has 0 aliphatic rings. The average Bonchev–Trinajstić information content (AvgIpc) is 2.34. The van der Waals surface area contributed by atoms with Gasteiger partial charge in [-0.1, -0.05) is 34.1 Å². The van der Waals surface area contributed by atoms with Gasteiger partial charge < -0.3 is 9.67 Å². The van der Waals surface area contributed by atoms with Crippen LogP contribution in [0.3, 0.4) is 0 Å². The minimum absolute atomic E-state index is 0.0573. The molecule has 1 atom stereocenters. The molecule has 1 aromatic heterocycles. The zero-order valence-electron chi connectivity index (χ0n) is 9.56. The van der Waals surface area contributed by atoms with Gasteiger partial charge in [-0.15, -0.1) is 0 Å². The van der Waals surface area contributed by atoms with Crippen molar-refractivity contribution in [3.05, 3.63) is 46.2 Å². The Morgan fingerprint density at radius 1 is 1.41 bits per heavy atom. The fraction of sp³-hybridized carbons (Fsp3) is 0.308. The molecule has 0 fully saturated rings. The van der Waals surface area contributed by atoms with Crippen molar-refractivity contribution in [1.29, 1.82) is 0 Å². The van der Waals surface area contributed by atoms with E-state index in [-0.39, 0.29) is 18.2 Å². The van der Waals surface area contributed by atoms with Gasteiger partial charge in [-0.2, -0.15) is 0 Å². The molecular formula is C13H14BrNO2. The van der Waals surface area contributed by atoms with Crippen molar-refractivity contribution >= 4 is 26.8 Å². The van der Waals surface area contributed by atoms with Crippen molar-refractivity contribution < 1.29 is 5.11 Å². The Morgan fingerprint density at radius 3 is 2.76 bits per heavy atom. The highest BCUT2D eigenvalue weighted by Crippen LogP contribution is 2.19. The predicted octanol–water partition coefficient (Wildman–Crippen LogP) is 2.24. The normalized spacial score (nSPS) is 12.9. The molecule has 0 saturated carbocycles. The highest BCUT2D eigenvalue weighted by atomic mass is 79.9. The largest absolute Gasteiger partial charge is 0.394 e. The fourth-order valence-corrected chi connectivity index (χ4v) is 2.54. The van der Waals surface area contributed by atoms with Crippen LogP contribution in [0, 0.1) is 6.92 Å². The first-order valence-corrected chi connectivity index (χ1v) is 6.59. The second-order valence-corrected chi connectivity index (χ2v) is 4.69. The molecule has 0 aliphatic carbocycles. The smallest absolute Gasteiger partial charge is 0.251 e. The van der Waals surface area contributed by atoms with Gasteiger partial charge in [0.25, 0.3) is 5.56 Å². The predicted molar refractivity (Wildman–Crippen MR) is 72.9 cm³/mol. The maximum atomic E-state index is 12.0. The van der Waals surface area contributed by atoms with Gasteiger partial charge in [-0.25, -0.2) is 0 Å². The van der Waals surface area contributed by atoms with Gasteiger partial charge in [-0.3, -0.25) is 4.79 Å². The zero-order valence-corrected chi connectivity index (χ0v) is 11.1. The average molecular weight is 296 g/mol. The van der Waals surface area contributed by atoms with Gasteiger partial charge in [-0.05, 0) is 18.6 Å². The Labute approximate surface area is 108 Å². The van der Waals surface area contributed by atoms with Crippen LogP contribution in [0.4, 0.5) is 0 Å². The number of aromatic nitrogens is 1. The lowest BCUT2D eigenvalue weighted by Gasteiger charge is -2.18. The van der Waals surface area contributed by atoms with Crippen LogP contribution >= 0.6 is 15.9 Å². The summed E-state index contributed by atoms with van der Waals surface area (Å²) in [6.07, 6.45) is 0. The van der Waals surface area contributed by atoms with E-state index in [9.17, 15) is 9.90 Å². The van der Waals surface area contributed by atoms with Gasteiger partial charge in [0.1, 0.15) is 0 Å². The van der Waals surface area contributed by atoms with E-state index in [0.29, 0.717) is 5.33 Å². The molecule has 0 bridgehead atoms. The van der Waals surface area contributed by atoms with Crippen LogP contribution in [0.2, 0.25) is 0 Å². The lowest BCUT2D eigenvalue weighted by molar-refractivity contribution is 0.242. The number of benzene rings is 1. The van der Waals surface area contributed by atoms with Crippen molar-refractivity contribution in [2.24, 2.45) is 0 Å². The maximum absolute atomic E-state index is 12.0. The number of para-hydroxylation sites is 1. The lowest BCUT2D eigenvalue weighted by atomic mass is 10.1. The van der Waals surface area contributed by atoms with E-state index >= 15 is 0 Å². The molecule has 0 aliphatic heterocycles. The van der Waals surface area contributed by atoms with Crippen LogP contribution in [0.15, 0.2) is 35.1 Å². The third-order valence-electron chi connectivity index (χ3n) is 2.92. The number of halogens is 1. The number of pyridine rings is 1. The van der Waals surface area contributed by atoms with E-state index in [0.717, 1.165) is 16.5 Å². The van der Waals surface area contributed by atoms with E-state index in [1.165, 1.54) is 0 Å². The number of nitrogens with zero attached hydrogens (tertiary/aromatic N) is 1. The van der Waals surface area contributed by atoms with Crippen LogP contribution in [0.25, 0.3) is 10.9 Å². The second-order valence-electron chi connectivity index (χ2n) is 4.04. The summed E-state index contributed by atoms with van der Waals surface area (Å²) < 4.78 is 1.65. The molecule has 2 aromatic rings. The molecule has 0 saturated heterocycles. The Kier molecular flexibility index (Phi) is 3.64. The number of hydrogen-bond donors (Lipinski definition) is 1. The first-order chi connectivity index (χ1) is 8.19. The summed E-state index contributed by atoms with van der Waals surface area (Å²) in [6, 6.07) is 9.14. The molecule has 0 amide bonds. The first-order valence-electron chi connectivity index (χ1n) is 5.46. The maximum Gasteiger partial charge on any atom is 0.251 e. The minimum atomic E-state index is -0.229. The summed E-state index contributed by atoms with van der Waals surface area (Å²) in [5, 5.41) is 10.9. The van der Waals surface area contributed by atoms with Crippen molar-refractivity contribution in [2.45, 2.75) is 13.0 Å². The van der Waals surface area contributed by atoms with Gasteiger partial charge in [0.2, 0.25) is 0 Å². The monoisotopic (exact) mass is 295 g/mol. The Hall–Kier alpha value is -1.13. The van der Waals surface area contributed by atoms with Crippen LogP contribution in [0.1, 0.15) is 11.6 Å². The van der Waals surface area contributed by atoms with E-state index in [1.54, 1.807) is 10.6 Å². The van der Waals surface area contributed by atoms with Gasteiger partial charge in [0, 0.05) is 16.8 Å². The summed E-state index contributed by atoms with van der Waals surface area (Å²) in [6.45, 7) is 1.87. The third kappa shape index (κ3) is 2.15. The molecule has 17 heavy (non-hydrogen) atoms. The highest BCUT2D eigenvalue weighted by molar-refractivity contribution is 9.09. The van der Waals surface area contributed by atoms with Crippen LogP contribution < -0.4 is 5.56 Å². The number of rotatable bonds is 3. The molecule has 1 aromatic carbocycles. The molecule has 2 rings (SSSR count). The lowest BCUT2D eigenvalue weighted by Crippen LogP contribution is -2.28. The SMILES string of the molecule is Cc1cc(=O)n(C(CO)CBr)c2ccccc12. The Bertz CT molecular complexity index is 587. The van der Waals surface area contributed by atoms with Crippen molar-refractivity contribution in [3.63, 3.8) is 0 Å². The number of aliphatic hydroxyl groups is 1. The topological polar surface area (TPSA) is 42.2 Å². The zero-order chi connectivity index (χ0) is 12.4. The molecular weight excluding hydrogens is 282 g/mol. The molecule has 3 nitrogen and oxygen atoms in total. The molecule has 1 unspecified atom stereocenters. The van der Waals surface area contributed by atoms with Crippen molar-refractivity contribution in [2.75, 3.05) is 11.9 Å². The summed E-state index contributed by atoms with van der Waals surface area (Å²) in [7, 11) is 0. The van der Waals surface area contributed by atoms with Crippen LogP contribution in [-0.2, 0) is 0 Å². The molecule has 90 valence electrons. The van der Waals surface area contributed by atoms with Gasteiger partial charge >= 0.3 is 0 Å². The van der Waals surface area contributed by atoms with Crippen molar-refractivity contribution in [1.82, 2.24) is 4.57 Å². The molecule has 0 spiro atoms. The van der Waals surface area contributed by atoms with E-state index in [2.05, 4.69) is 15.9 Å². The molecule has 1 heterocycles. The quantitative estimate of drug-likeness (QED) is 0.883. The van der Waals surface area contributed by atoms with Crippen LogP contribution in [0.5, 0.6) is 0 Å². The van der Waals surface area contributed by atoms with E-state index in [1.807, 2.05) is 31.2 Å². The number of alkyl halides is 1. The molecule has 4 heteroatoms. The fourth-order valence-electron chi connectivity index (χ4n) is 2.04. The highest BCUT2D eigenvalue weighted by Gasteiger charge is 2.13. The Morgan fingerprint density at radius 2 is 2.12 bits per heavy atom. The molecule has 0 radical (unpaired) electrons. The van der Waals surface area contributed by atoms with Crippen molar-refractivity contribution in [3.8, 4) is 0 Å². The van der Waals surface area contributed by atoms with Gasteiger partial charge in [0.05, 0.1) is 18.2 Å². The van der Waals surface area contributed by atoms with E-state index in [4.69, 9.17) is 0 Å². The third-order valence-corrected chi connectivity index (χ3v) is 3.67. The second kappa shape index (κ2) is 5.02. The van der Waals surface area contributed by atoms with Gasteiger partial charge in [0.15, 0.2) is 0 Å². The number of aryl methyl sites for hydroxylation is 1.